The second-order valence-corrected chi connectivity index (χ2v) is 5.22. The monoisotopic (exact) mass is 313 g/mol. The highest BCUT2D eigenvalue weighted by molar-refractivity contribution is 5.77. The van der Waals surface area contributed by atoms with Gasteiger partial charge in [0.25, 0.3) is 0 Å². The number of nitrogen functional groups attached to an aromatic ring is 1. The van der Waals surface area contributed by atoms with Crippen LogP contribution in [0.25, 0.3) is 11.2 Å². The van der Waals surface area contributed by atoms with E-state index in [0.29, 0.717) is 0 Å². The van der Waals surface area contributed by atoms with Crippen molar-refractivity contribution >= 4 is 17.1 Å². The molecule has 2 aromatic heterocycles. The molecule has 9 nitrogen and oxygen atoms in total. The van der Waals surface area contributed by atoms with Crippen molar-refractivity contribution in [3.05, 3.63) is 6.33 Å². The first kappa shape index (κ1) is 14.9. The van der Waals surface area contributed by atoms with Gasteiger partial charge < -0.3 is 25.4 Å². The van der Waals surface area contributed by atoms with Crippen LogP contribution in [0, 0.1) is 0 Å². The number of fused-ring (bicyclic) bond motifs is 1. The fourth-order valence-electron chi connectivity index (χ4n) is 2.58. The number of imidazole rings is 1. The van der Waals surface area contributed by atoms with Crippen molar-refractivity contribution in [2.75, 3.05) is 19.5 Å². The minimum absolute atomic E-state index is 0.0658. The predicted molar refractivity (Wildman–Crippen MR) is 72.8 cm³/mol. The van der Waals surface area contributed by atoms with E-state index in [1.54, 1.807) is 0 Å². The number of hydrogen-bond donors (Lipinski definition) is 3. The van der Waals surface area contributed by atoms with Gasteiger partial charge in [0.05, 0.1) is 20.0 Å². The van der Waals surface area contributed by atoms with Gasteiger partial charge in [-0.05, 0) is 6.92 Å². The van der Waals surface area contributed by atoms with E-state index in [4.69, 9.17) is 15.2 Å². The van der Waals surface area contributed by atoms with Crippen LogP contribution in [0.4, 0.5) is 10.3 Å². The second-order valence-electron chi connectivity index (χ2n) is 5.22. The molecular formula is C12H16FN5O4. The van der Waals surface area contributed by atoms with E-state index in [2.05, 4.69) is 15.0 Å². The van der Waals surface area contributed by atoms with Gasteiger partial charge in [0, 0.05) is 0 Å². The Balaban J connectivity index is 2.13. The number of rotatable bonds is 3. The third-order valence-corrected chi connectivity index (χ3v) is 3.75. The van der Waals surface area contributed by atoms with Gasteiger partial charge in [0.15, 0.2) is 23.1 Å². The van der Waals surface area contributed by atoms with Gasteiger partial charge in [0.1, 0.15) is 12.2 Å². The number of aliphatic hydroxyl groups is 2. The van der Waals surface area contributed by atoms with Gasteiger partial charge in [-0.2, -0.15) is 9.97 Å². The maximum absolute atomic E-state index is 14.8. The molecule has 1 aliphatic rings. The van der Waals surface area contributed by atoms with Crippen molar-refractivity contribution in [3.8, 4) is 5.88 Å². The number of alkyl halides is 1. The molecule has 4 atom stereocenters. The molecule has 3 rings (SSSR count). The third kappa shape index (κ3) is 1.99. The number of ether oxygens (including phenoxy) is 2. The molecule has 0 saturated carbocycles. The molecule has 22 heavy (non-hydrogen) atoms. The predicted octanol–water partition coefficient (Wildman–Crippen LogP) is -0.604. The zero-order chi connectivity index (χ0) is 16.1. The van der Waals surface area contributed by atoms with Gasteiger partial charge >= 0.3 is 0 Å². The Morgan fingerprint density at radius 1 is 1.55 bits per heavy atom. The lowest BCUT2D eigenvalue weighted by Gasteiger charge is -2.24. The lowest BCUT2D eigenvalue weighted by Crippen LogP contribution is -2.40. The minimum atomic E-state index is -2.14. The third-order valence-electron chi connectivity index (χ3n) is 3.75. The molecule has 0 spiro atoms. The maximum Gasteiger partial charge on any atom is 0.246 e. The van der Waals surface area contributed by atoms with Crippen molar-refractivity contribution in [1.29, 1.82) is 0 Å². The normalized spacial score (nSPS) is 31.8. The quantitative estimate of drug-likeness (QED) is 0.685. The molecule has 120 valence electrons. The summed E-state index contributed by atoms with van der Waals surface area (Å²) in [6.45, 7) is 0.676. The van der Waals surface area contributed by atoms with Crippen LogP contribution in [0.15, 0.2) is 6.33 Å². The Bertz CT molecular complexity index is 706. The van der Waals surface area contributed by atoms with Crippen LogP contribution in [0.5, 0.6) is 5.88 Å². The summed E-state index contributed by atoms with van der Waals surface area (Å²) in [6, 6.07) is 0. The summed E-state index contributed by atoms with van der Waals surface area (Å²) in [7, 11) is 1.40. The number of anilines is 1. The summed E-state index contributed by atoms with van der Waals surface area (Å²) in [4.78, 5) is 12.0. The first-order valence-corrected chi connectivity index (χ1v) is 6.57. The van der Waals surface area contributed by atoms with Crippen LogP contribution in [0.1, 0.15) is 13.2 Å². The van der Waals surface area contributed by atoms with Crippen molar-refractivity contribution in [1.82, 2.24) is 19.5 Å². The maximum atomic E-state index is 14.8. The van der Waals surface area contributed by atoms with Crippen LogP contribution in [-0.2, 0) is 4.74 Å². The number of halogens is 1. The molecule has 0 radical (unpaired) electrons. The molecule has 3 heterocycles. The minimum Gasteiger partial charge on any atom is -0.479 e. The average molecular weight is 313 g/mol. The number of nitrogens with two attached hydrogens (primary N) is 1. The van der Waals surface area contributed by atoms with E-state index in [1.165, 1.54) is 24.9 Å². The molecule has 10 heteroatoms. The summed E-state index contributed by atoms with van der Waals surface area (Å²) in [5, 5.41) is 19.1. The van der Waals surface area contributed by atoms with Gasteiger partial charge in [-0.3, -0.25) is 4.57 Å². The molecule has 1 fully saturated rings. The zero-order valence-electron chi connectivity index (χ0n) is 12.0. The SMILES string of the molecule is COc1nc(N)nc2c1ncn2C1OC(CO)C(O)[C@@]1(C)F. The number of hydrogen-bond acceptors (Lipinski definition) is 8. The van der Waals surface area contributed by atoms with Crippen molar-refractivity contribution in [2.45, 2.75) is 31.0 Å². The molecule has 3 unspecified atom stereocenters. The largest absolute Gasteiger partial charge is 0.479 e. The molecular weight excluding hydrogens is 297 g/mol. The first-order valence-electron chi connectivity index (χ1n) is 6.57. The molecule has 4 N–H and O–H groups in total. The van der Waals surface area contributed by atoms with E-state index < -0.39 is 30.7 Å². The lowest BCUT2D eigenvalue weighted by atomic mass is 9.98. The standard InChI is InChI=1S/C12H16FN5O4/c1-12(13)7(20)5(3-19)22-10(12)18-4-15-6-8(18)16-11(14)17-9(6)21-2/h4-5,7,10,19-20H,3H2,1-2H3,(H2,14,16,17)/t5?,7?,10?,12-/m1/s1. The Hall–Kier alpha value is -2.04. The zero-order valence-corrected chi connectivity index (χ0v) is 12.0. The van der Waals surface area contributed by atoms with Crippen LogP contribution in [-0.4, -0.2) is 61.3 Å². The Morgan fingerprint density at radius 2 is 2.27 bits per heavy atom. The topological polar surface area (TPSA) is 129 Å². The summed E-state index contributed by atoms with van der Waals surface area (Å²) < 4.78 is 26.6. The Morgan fingerprint density at radius 3 is 2.86 bits per heavy atom. The van der Waals surface area contributed by atoms with E-state index in [9.17, 15) is 14.6 Å². The van der Waals surface area contributed by atoms with Gasteiger partial charge in [-0.15, -0.1) is 0 Å². The van der Waals surface area contributed by atoms with E-state index in [0.717, 1.165) is 0 Å². The Kier molecular flexibility index (Phi) is 3.38. The number of aliphatic hydroxyl groups excluding tert-OH is 2. The van der Waals surface area contributed by atoms with E-state index in [1.807, 2.05) is 0 Å². The van der Waals surface area contributed by atoms with Crippen LogP contribution in [0.2, 0.25) is 0 Å². The molecule has 1 saturated heterocycles. The highest BCUT2D eigenvalue weighted by Gasteiger charge is 2.55. The molecule has 0 aliphatic carbocycles. The Labute approximate surface area is 124 Å². The second kappa shape index (κ2) is 5.00. The van der Waals surface area contributed by atoms with Gasteiger partial charge in [-0.1, -0.05) is 0 Å². The van der Waals surface area contributed by atoms with E-state index in [-0.39, 0.29) is 23.0 Å². The molecule has 0 bridgehead atoms. The summed E-state index contributed by atoms with van der Waals surface area (Å²) >= 11 is 0. The van der Waals surface area contributed by atoms with E-state index >= 15 is 0 Å². The van der Waals surface area contributed by atoms with Crippen molar-refractivity contribution in [2.24, 2.45) is 0 Å². The first-order chi connectivity index (χ1) is 10.4. The van der Waals surface area contributed by atoms with Crippen LogP contribution in [0.3, 0.4) is 0 Å². The highest BCUT2D eigenvalue weighted by Crippen LogP contribution is 2.42. The van der Waals surface area contributed by atoms with Crippen molar-refractivity contribution in [3.63, 3.8) is 0 Å². The van der Waals surface area contributed by atoms with Crippen LogP contribution >= 0.6 is 0 Å². The fourth-order valence-corrected chi connectivity index (χ4v) is 2.58. The smallest absolute Gasteiger partial charge is 0.246 e. The summed E-state index contributed by atoms with van der Waals surface area (Å²) in [5.74, 6) is 0.0861. The lowest BCUT2D eigenvalue weighted by molar-refractivity contribution is -0.0566. The molecule has 0 aromatic carbocycles. The fraction of sp³-hybridized carbons (Fsp3) is 0.583. The molecule has 1 aliphatic heterocycles. The van der Waals surface area contributed by atoms with Gasteiger partial charge in [0.2, 0.25) is 11.8 Å². The number of methoxy groups -OCH3 is 1. The summed E-state index contributed by atoms with van der Waals surface area (Å²) in [5.41, 5.74) is 3.97. The molecule has 0 amide bonds. The average Bonchev–Trinajstić information content (AvgIpc) is 2.98. The number of aromatic nitrogens is 4. The van der Waals surface area contributed by atoms with Crippen molar-refractivity contribution < 1.29 is 24.1 Å². The number of nitrogens with zero attached hydrogens (tertiary/aromatic N) is 4. The van der Waals surface area contributed by atoms with Crippen LogP contribution < -0.4 is 10.5 Å². The molecule has 2 aromatic rings. The highest BCUT2D eigenvalue weighted by atomic mass is 19.1. The van der Waals surface area contributed by atoms with Gasteiger partial charge in [-0.25, -0.2) is 9.37 Å². The summed E-state index contributed by atoms with van der Waals surface area (Å²) in [6.07, 6.45) is -2.45.